The maximum absolute atomic E-state index is 2.50. The molecule has 0 atom stereocenters. The molecule has 0 spiro atoms. The molecule has 10 rings (SSSR count). The first-order valence-corrected chi connectivity index (χ1v) is 14.3. The molecule has 2 aromatic heterocycles. The molecular formula is C40H23N. The predicted octanol–water partition coefficient (Wildman–Crippen LogP) is 11.1. The van der Waals surface area contributed by atoms with Crippen LogP contribution >= 0.6 is 0 Å². The number of nitrogens with zero attached hydrogens (tertiary/aromatic N) is 1. The molecule has 0 saturated carbocycles. The van der Waals surface area contributed by atoms with Gasteiger partial charge in [0.1, 0.15) is 0 Å². The van der Waals surface area contributed by atoms with Crippen molar-refractivity contribution in [3.05, 3.63) is 140 Å². The van der Waals surface area contributed by atoms with E-state index in [1.54, 1.807) is 0 Å². The molecule has 0 amide bonds. The monoisotopic (exact) mass is 517 g/mol. The molecule has 10 aromatic rings. The second-order valence-corrected chi connectivity index (χ2v) is 11.4. The molecule has 1 nitrogen and oxygen atoms in total. The molecule has 2 heterocycles. The fraction of sp³-hybridized carbons (Fsp3) is 0. The van der Waals surface area contributed by atoms with E-state index in [1.165, 1.54) is 92.3 Å². The standard InChI is InChI=1S/C40H23N/c1-3-10-27-22-38-34(18-25(27)8-1)36-20-31(29-15-16-33-30(17-29)14-13-24-7-5-6-12-32(24)33)21-37-35-19-26-9-2-4-11-28(26)23-39(35)41(38)40(36)37/h1-23H. The number of fused-ring (bicyclic) bond motifs is 11. The highest BCUT2D eigenvalue weighted by Gasteiger charge is 2.20. The van der Waals surface area contributed by atoms with E-state index in [0.29, 0.717) is 0 Å². The van der Waals surface area contributed by atoms with Crippen molar-refractivity contribution in [2.45, 2.75) is 0 Å². The van der Waals surface area contributed by atoms with Gasteiger partial charge in [-0.2, -0.15) is 0 Å². The number of rotatable bonds is 1. The van der Waals surface area contributed by atoms with Crippen LogP contribution in [0.2, 0.25) is 0 Å². The molecule has 1 heteroatoms. The van der Waals surface area contributed by atoms with Gasteiger partial charge in [0.15, 0.2) is 0 Å². The van der Waals surface area contributed by atoms with E-state index in [0.717, 1.165) is 0 Å². The van der Waals surface area contributed by atoms with E-state index in [1.807, 2.05) is 0 Å². The van der Waals surface area contributed by atoms with Crippen LogP contribution < -0.4 is 0 Å². The fourth-order valence-corrected chi connectivity index (χ4v) is 7.27. The minimum atomic E-state index is 1.25. The minimum absolute atomic E-state index is 1.25. The van der Waals surface area contributed by atoms with E-state index < -0.39 is 0 Å². The van der Waals surface area contributed by atoms with Crippen LogP contribution in [-0.4, -0.2) is 4.40 Å². The summed E-state index contributed by atoms with van der Waals surface area (Å²) in [6.45, 7) is 0. The van der Waals surface area contributed by atoms with Gasteiger partial charge in [-0.15, -0.1) is 0 Å². The van der Waals surface area contributed by atoms with E-state index in [-0.39, 0.29) is 0 Å². The van der Waals surface area contributed by atoms with Crippen LogP contribution in [0.5, 0.6) is 0 Å². The summed E-state index contributed by atoms with van der Waals surface area (Å²) in [7, 11) is 0. The lowest BCUT2D eigenvalue weighted by Gasteiger charge is -2.08. The van der Waals surface area contributed by atoms with Crippen LogP contribution in [0.1, 0.15) is 0 Å². The van der Waals surface area contributed by atoms with E-state index in [2.05, 4.69) is 144 Å². The summed E-state index contributed by atoms with van der Waals surface area (Å²) in [5.74, 6) is 0. The van der Waals surface area contributed by atoms with Crippen LogP contribution in [-0.2, 0) is 0 Å². The maximum Gasteiger partial charge on any atom is 0.0620 e. The van der Waals surface area contributed by atoms with Crippen molar-refractivity contribution in [3.63, 3.8) is 0 Å². The number of hydrogen-bond acceptors (Lipinski definition) is 0. The molecule has 0 saturated heterocycles. The summed E-state index contributed by atoms with van der Waals surface area (Å²) in [5, 5.41) is 15.5. The van der Waals surface area contributed by atoms with Crippen molar-refractivity contribution < 1.29 is 0 Å². The Bertz CT molecular complexity index is 2570. The van der Waals surface area contributed by atoms with Crippen molar-refractivity contribution in [2.75, 3.05) is 0 Å². The van der Waals surface area contributed by atoms with Crippen molar-refractivity contribution in [1.82, 2.24) is 4.40 Å². The average Bonchev–Trinajstić information content (AvgIpc) is 3.52. The van der Waals surface area contributed by atoms with Gasteiger partial charge in [0.2, 0.25) is 0 Å². The SMILES string of the molecule is c1ccc2cc3c(cc2c1)c1cc(-c2ccc4c(ccc5ccccc54)c2)cc2c4cc5ccccc5cc4n3c12. The lowest BCUT2D eigenvalue weighted by molar-refractivity contribution is 1.38. The summed E-state index contributed by atoms with van der Waals surface area (Å²) in [6.07, 6.45) is 0. The van der Waals surface area contributed by atoms with E-state index in [4.69, 9.17) is 0 Å². The first kappa shape index (κ1) is 21.4. The Morgan fingerprint density at radius 1 is 0.293 bits per heavy atom. The normalized spacial score (nSPS) is 12.4. The Balaban J connectivity index is 1.35. The molecular weight excluding hydrogens is 494 g/mol. The van der Waals surface area contributed by atoms with Crippen molar-refractivity contribution >= 4 is 81.2 Å². The third kappa shape index (κ3) is 2.85. The number of hydrogen-bond donors (Lipinski definition) is 0. The molecule has 8 aromatic carbocycles. The van der Waals surface area contributed by atoms with Gasteiger partial charge in [-0.05, 0) is 96.7 Å². The van der Waals surface area contributed by atoms with Crippen LogP contribution in [0.3, 0.4) is 0 Å². The van der Waals surface area contributed by atoms with Gasteiger partial charge in [-0.1, -0.05) is 97.1 Å². The number of benzene rings is 8. The fourth-order valence-electron chi connectivity index (χ4n) is 7.27. The van der Waals surface area contributed by atoms with Crippen molar-refractivity contribution in [1.29, 1.82) is 0 Å². The first-order valence-electron chi connectivity index (χ1n) is 14.3. The summed E-state index contributed by atoms with van der Waals surface area (Å²) in [6, 6.07) is 51.9. The largest absolute Gasteiger partial charge is 0.308 e. The predicted molar refractivity (Wildman–Crippen MR) is 177 cm³/mol. The lowest BCUT2D eigenvalue weighted by Crippen LogP contribution is -1.82. The Hall–Kier alpha value is -5.40. The molecule has 0 N–H and O–H groups in total. The van der Waals surface area contributed by atoms with Gasteiger partial charge in [-0.3, -0.25) is 0 Å². The Kier molecular flexibility index (Phi) is 3.98. The zero-order chi connectivity index (χ0) is 26.7. The Labute approximate surface area is 235 Å². The second kappa shape index (κ2) is 7.62. The van der Waals surface area contributed by atoms with E-state index >= 15 is 0 Å². The highest BCUT2D eigenvalue weighted by molar-refractivity contribution is 6.27. The van der Waals surface area contributed by atoms with Gasteiger partial charge in [-0.25, -0.2) is 0 Å². The molecule has 188 valence electrons. The van der Waals surface area contributed by atoms with Crippen LogP contribution in [0.4, 0.5) is 0 Å². The summed E-state index contributed by atoms with van der Waals surface area (Å²) in [5.41, 5.74) is 6.38. The Morgan fingerprint density at radius 2 is 0.805 bits per heavy atom. The molecule has 0 fully saturated rings. The smallest absolute Gasteiger partial charge is 0.0620 e. The summed E-state index contributed by atoms with van der Waals surface area (Å²) >= 11 is 0. The average molecular weight is 518 g/mol. The highest BCUT2D eigenvalue weighted by atomic mass is 14.9. The molecule has 0 aliphatic heterocycles. The van der Waals surface area contributed by atoms with Crippen molar-refractivity contribution in [3.8, 4) is 11.1 Å². The zero-order valence-corrected chi connectivity index (χ0v) is 22.2. The Morgan fingerprint density at radius 3 is 1.44 bits per heavy atom. The molecule has 0 bridgehead atoms. The number of aromatic nitrogens is 1. The van der Waals surface area contributed by atoms with Gasteiger partial charge in [0, 0.05) is 21.5 Å². The summed E-state index contributed by atoms with van der Waals surface area (Å²) in [4.78, 5) is 0. The van der Waals surface area contributed by atoms with Crippen LogP contribution in [0, 0.1) is 0 Å². The highest BCUT2D eigenvalue weighted by Crippen LogP contribution is 2.44. The molecule has 0 aliphatic carbocycles. The molecule has 0 radical (unpaired) electrons. The van der Waals surface area contributed by atoms with Gasteiger partial charge < -0.3 is 4.40 Å². The topological polar surface area (TPSA) is 4.41 Å². The van der Waals surface area contributed by atoms with Crippen LogP contribution in [0.25, 0.3) is 92.3 Å². The van der Waals surface area contributed by atoms with E-state index in [9.17, 15) is 0 Å². The van der Waals surface area contributed by atoms with Crippen molar-refractivity contribution in [2.24, 2.45) is 0 Å². The van der Waals surface area contributed by atoms with Gasteiger partial charge in [0.25, 0.3) is 0 Å². The minimum Gasteiger partial charge on any atom is -0.308 e. The quantitative estimate of drug-likeness (QED) is 0.191. The second-order valence-electron chi connectivity index (χ2n) is 11.4. The first-order chi connectivity index (χ1) is 20.3. The lowest BCUT2D eigenvalue weighted by atomic mass is 9.95. The third-order valence-corrected chi connectivity index (χ3v) is 9.20. The van der Waals surface area contributed by atoms with Gasteiger partial charge >= 0.3 is 0 Å². The molecule has 0 aliphatic rings. The summed E-state index contributed by atoms with van der Waals surface area (Å²) < 4.78 is 2.50. The maximum atomic E-state index is 2.50. The molecule has 0 unspecified atom stereocenters. The third-order valence-electron chi connectivity index (χ3n) is 9.20. The molecule has 41 heavy (non-hydrogen) atoms. The zero-order valence-electron chi connectivity index (χ0n) is 22.2. The van der Waals surface area contributed by atoms with Crippen LogP contribution in [0.15, 0.2) is 140 Å². The van der Waals surface area contributed by atoms with Gasteiger partial charge in [0.05, 0.1) is 16.6 Å².